The van der Waals surface area contributed by atoms with Crippen molar-refractivity contribution in [3.8, 4) is 0 Å². The quantitative estimate of drug-likeness (QED) is 0.328. The second kappa shape index (κ2) is 7.31. The summed E-state index contributed by atoms with van der Waals surface area (Å²) in [6.45, 7) is 0. The van der Waals surface area contributed by atoms with Crippen LogP contribution in [0.5, 0.6) is 0 Å². The molecule has 0 N–H and O–H groups in total. The maximum absolute atomic E-state index is 12.7. The molecule has 8 heteroatoms. The van der Waals surface area contributed by atoms with Crippen molar-refractivity contribution in [2.24, 2.45) is 0 Å². The zero-order chi connectivity index (χ0) is 17.8. The van der Waals surface area contributed by atoms with Crippen molar-refractivity contribution in [2.75, 3.05) is 6.26 Å². The Hall–Kier alpha value is -1.93. The summed E-state index contributed by atoms with van der Waals surface area (Å²) in [7, 11) is -5.78. The second-order valence-corrected chi connectivity index (χ2v) is 6.93. The Balaban J connectivity index is 2.66. The Kier molecular flexibility index (Phi) is 5.61. The molecule has 0 amide bonds. The van der Waals surface area contributed by atoms with Crippen LogP contribution in [0, 0.1) is 0 Å². The van der Waals surface area contributed by atoms with E-state index in [0.29, 0.717) is 5.56 Å². The fraction of sp³-hybridized carbons (Fsp3) is 0.125. The lowest BCUT2D eigenvalue weighted by Gasteiger charge is -2.16. The van der Waals surface area contributed by atoms with Gasteiger partial charge in [0.25, 0.3) is 0 Å². The summed E-state index contributed by atoms with van der Waals surface area (Å²) in [6.07, 6.45) is 1.63. The number of hydrogen-bond donors (Lipinski definition) is 0. The van der Waals surface area contributed by atoms with Crippen LogP contribution in [0.1, 0.15) is 11.1 Å². The molecule has 128 valence electrons. The zero-order valence-electron chi connectivity index (χ0n) is 12.4. The van der Waals surface area contributed by atoms with Crippen molar-refractivity contribution in [1.82, 2.24) is 0 Å². The first-order valence-corrected chi connectivity index (χ1v) is 9.29. The van der Waals surface area contributed by atoms with Crippen molar-refractivity contribution >= 4 is 32.5 Å². The van der Waals surface area contributed by atoms with Crippen LogP contribution < -0.4 is 0 Å². The first-order chi connectivity index (χ1) is 11.3. The SMILES string of the molecule is CS/C(=C(/OS(=O)(=O)C(F)(F)F)c1ccccc1)c1ccccc1. The first kappa shape index (κ1) is 18.4. The molecule has 0 atom stereocenters. The number of alkyl halides is 3. The average molecular weight is 374 g/mol. The van der Waals surface area contributed by atoms with Crippen molar-refractivity contribution < 1.29 is 25.8 Å². The van der Waals surface area contributed by atoms with Gasteiger partial charge in [-0.3, -0.25) is 0 Å². The van der Waals surface area contributed by atoms with E-state index in [2.05, 4.69) is 4.18 Å². The lowest BCUT2D eigenvalue weighted by Crippen LogP contribution is -2.25. The average Bonchev–Trinajstić information content (AvgIpc) is 2.55. The predicted octanol–water partition coefficient (Wildman–Crippen LogP) is 4.74. The molecule has 0 radical (unpaired) electrons. The second-order valence-electron chi connectivity index (χ2n) is 4.58. The lowest BCUT2D eigenvalue weighted by atomic mass is 10.1. The Morgan fingerprint density at radius 1 is 0.917 bits per heavy atom. The Morgan fingerprint density at radius 2 is 1.38 bits per heavy atom. The minimum Gasteiger partial charge on any atom is -0.374 e. The van der Waals surface area contributed by atoms with Gasteiger partial charge >= 0.3 is 15.6 Å². The van der Waals surface area contributed by atoms with Crippen LogP contribution in [0.4, 0.5) is 13.2 Å². The Labute approximate surface area is 142 Å². The molecule has 2 rings (SSSR count). The lowest BCUT2D eigenvalue weighted by molar-refractivity contribution is -0.0509. The van der Waals surface area contributed by atoms with E-state index < -0.39 is 15.6 Å². The van der Waals surface area contributed by atoms with E-state index in [0.717, 1.165) is 11.8 Å². The van der Waals surface area contributed by atoms with Gasteiger partial charge in [-0.2, -0.15) is 21.6 Å². The first-order valence-electron chi connectivity index (χ1n) is 6.66. The molecule has 0 spiro atoms. The van der Waals surface area contributed by atoms with Crippen LogP contribution in [0.3, 0.4) is 0 Å². The molecule has 3 nitrogen and oxygen atoms in total. The van der Waals surface area contributed by atoms with Crippen LogP contribution in [-0.2, 0) is 14.3 Å². The van der Waals surface area contributed by atoms with Gasteiger partial charge in [-0.25, -0.2) is 0 Å². The molecule has 0 unspecified atom stereocenters. The molecule has 0 aromatic heterocycles. The highest BCUT2D eigenvalue weighted by molar-refractivity contribution is 8.08. The minimum absolute atomic E-state index is 0.235. The van der Waals surface area contributed by atoms with Crippen molar-refractivity contribution in [1.29, 1.82) is 0 Å². The van der Waals surface area contributed by atoms with E-state index in [1.807, 2.05) is 0 Å². The number of halogens is 3. The van der Waals surface area contributed by atoms with Gasteiger partial charge in [0.05, 0.1) is 4.91 Å². The van der Waals surface area contributed by atoms with Gasteiger partial charge in [0.2, 0.25) is 0 Å². The van der Waals surface area contributed by atoms with Gasteiger partial charge in [-0.15, -0.1) is 11.8 Å². The summed E-state index contributed by atoms with van der Waals surface area (Å²) in [6, 6.07) is 16.3. The molecule has 24 heavy (non-hydrogen) atoms. The van der Waals surface area contributed by atoms with Crippen molar-refractivity contribution in [3.05, 3.63) is 71.8 Å². The van der Waals surface area contributed by atoms with E-state index in [9.17, 15) is 21.6 Å². The molecule has 0 saturated carbocycles. The Bertz CT molecular complexity index is 815. The maximum Gasteiger partial charge on any atom is 0.534 e. The molecule has 0 fully saturated rings. The molecule has 2 aromatic rings. The van der Waals surface area contributed by atoms with Crippen LogP contribution in [0.2, 0.25) is 0 Å². The summed E-state index contributed by atoms with van der Waals surface area (Å²) in [5, 5.41) is 0. The van der Waals surface area contributed by atoms with Crippen LogP contribution in [-0.4, -0.2) is 20.2 Å². The van der Waals surface area contributed by atoms with Crippen LogP contribution in [0.25, 0.3) is 10.7 Å². The number of thioether (sulfide) groups is 1. The summed E-state index contributed by atoms with van der Waals surface area (Å²) in [5.74, 6) is -0.355. The number of rotatable bonds is 5. The largest absolute Gasteiger partial charge is 0.534 e. The summed E-state index contributed by atoms with van der Waals surface area (Å²) < 4.78 is 65.7. The summed E-state index contributed by atoms with van der Waals surface area (Å²) in [5.41, 5.74) is -4.72. The third kappa shape index (κ3) is 4.12. The van der Waals surface area contributed by atoms with Crippen LogP contribution >= 0.6 is 11.8 Å². The van der Waals surface area contributed by atoms with E-state index in [1.165, 1.54) is 12.1 Å². The third-order valence-electron chi connectivity index (χ3n) is 2.96. The van der Waals surface area contributed by atoms with Gasteiger partial charge in [0.15, 0.2) is 5.76 Å². The topological polar surface area (TPSA) is 43.4 Å². The highest BCUT2D eigenvalue weighted by Gasteiger charge is 2.49. The number of hydrogen-bond acceptors (Lipinski definition) is 4. The highest BCUT2D eigenvalue weighted by atomic mass is 32.2. The molecule has 0 heterocycles. The van der Waals surface area contributed by atoms with Crippen LogP contribution in [0.15, 0.2) is 60.7 Å². The Morgan fingerprint density at radius 3 is 1.79 bits per heavy atom. The zero-order valence-corrected chi connectivity index (χ0v) is 14.1. The van der Waals surface area contributed by atoms with Gasteiger partial charge in [-0.1, -0.05) is 60.7 Å². The maximum atomic E-state index is 12.7. The van der Waals surface area contributed by atoms with E-state index in [-0.39, 0.29) is 16.2 Å². The molecule has 0 bridgehead atoms. The fourth-order valence-electron chi connectivity index (χ4n) is 1.89. The monoisotopic (exact) mass is 374 g/mol. The highest BCUT2D eigenvalue weighted by Crippen LogP contribution is 2.38. The molecular weight excluding hydrogens is 361 g/mol. The molecule has 0 aliphatic carbocycles. The standard InChI is InChI=1S/C16H13F3O3S2/c1-23-15(13-10-6-3-7-11-13)14(12-8-4-2-5-9-12)22-24(20,21)16(17,18)19/h2-11H,1H3/b15-14+. The normalized spacial score (nSPS) is 13.3. The molecular formula is C16H13F3O3S2. The predicted molar refractivity (Wildman–Crippen MR) is 89.3 cm³/mol. The fourth-order valence-corrected chi connectivity index (χ4v) is 3.16. The van der Waals surface area contributed by atoms with Gasteiger partial charge < -0.3 is 4.18 Å². The smallest absolute Gasteiger partial charge is 0.374 e. The van der Waals surface area contributed by atoms with E-state index >= 15 is 0 Å². The van der Waals surface area contributed by atoms with E-state index in [1.54, 1.807) is 54.8 Å². The van der Waals surface area contributed by atoms with Crippen molar-refractivity contribution in [3.63, 3.8) is 0 Å². The summed E-state index contributed by atoms with van der Waals surface area (Å²) in [4.78, 5) is 0.287. The molecule has 0 aliphatic heterocycles. The number of benzene rings is 2. The van der Waals surface area contributed by atoms with Gasteiger partial charge in [0.1, 0.15) is 0 Å². The summed E-state index contributed by atoms with van der Waals surface area (Å²) >= 11 is 1.10. The third-order valence-corrected chi connectivity index (χ3v) is 4.74. The molecule has 0 aliphatic rings. The minimum atomic E-state index is -5.78. The molecule has 2 aromatic carbocycles. The van der Waals surface area contributed by atoms with E-state index in [4.69, 9.17) is 0 Å². The van der Waals surface area contributed by atoms with Gasteiger partial charge in [0, 0.05) is 5.56 Å². The van der Waals surface area contributed by atoms with Crippen molar-refractivity contribution in [2.45, 2.75) is 5.51 Å². The molecule has 0 saturated heterocycles. The van der Waals surface area contributed by atoms with Gasteiger partial charge in [-0.05, 0) is 11.8 Å².